The number of carbonyl (C=O) groups excluding carboxylic acids is 1. The van der Waals surface area contributed by atoms with E-state index in [2.05, 4.69) is 35.2 Å². The number of amides is 1. The quantitative estimate of drug-likeness (QED) is 0.840. The Bertz CT molecular complexity index is 735. The summed E-state index contributed by atoms with van der Waals surface area (Å²) in [4.78, 5) is 17.3. The Morgan fingerprint density at radius 1 is 1.42 bits per heavy atom. The Kier molecular flexibility index (Phi) is 5.29. The highest BCUT2D eigenvalue weighted by molar-refractivity contribution is 7.12. The number of nitrogens with zero attached hydrogens (tertiary/aromatic N) is 3. The van der Waals surface area contributed by atoms with E-state index in [9.17, 15) is 4.79 Å². The first kappa shape index (κ1) is 16.7. The van der Waals surface area contributed by atoms with Gasteiger partial charge >= 0.3 is 0 Å². The number of carbonyl (C=O) groups is 1. The van der Waals surface area contributed by atoms with E-state index in [1.165, 1.54) is 16.9 Å². The van der Waals surface area contributed by atoms with E-state index >= 15 is 0 Å². The zero-order valence-electron chi connectivity index (χ0n) is 13.8. The van der Waals surface area contributed by atoms with Crippen molar-refractivity contribution in [2.45, 2.75) is 13.0 Å². The SMILES string of the molecule is CN(C[C@H]1CCN(Cc2ccccc2)C1)C(=O)c1cc(C#N)cs1. The van der Waals surface area contributed by atoms with Gasteiger partial charge in [0.2, 0.25) is 0 Å². The lowest BCUT2D eigenvalue weighted by Gasteiger charge is -2.21. The highest BCUT2D eigenvalue weighted by Gasteiger charge is 2.25. The molecule has 1 saturated heterocycles. The van der Waals surface area contributed by atoms with Gasteiger partial charge in [0.15, 0.2) is 0 Å². The molecule has 124 valence electrons. The first-order valence-corrected chi connectivity index (χ1v) is 9.04. The number of likely N-dealkylation sites (tertiary alicyclic amines) is 1. The van der Waals surface area contributed by atoms with Gasteiger partial charge < -0.3 is 4.90 Å². The number of hydrogen-bond acceptors (Lipinski definition) is 4. The Labute approximate surface area is 146 Å². The third-order valence-electron chi connectivity index (χ3n) is 4.44. The standard InChI is InChI=1S/C19H21N3OS/c1-21(19(23)18-9-17(10-20)14-24-18)11-16-7-8-22(13-16)12-15-5-3-2-4-6-15/h2-6,9,14,16H,7-8,11-13H2,1H3/t16-/m1/s1. The number of benzene rings is 1. The van der Waals surface area contributed by atoms with Crippen molar-refractivity contribution in [1.29, 1.82) is 5.26 Å². The maximum absolute atomic E-state index is 12.4. The average molecular weight is 339 g/mol. The summed E-state index contributed by atoms with van der Waals surface area (Å²) in [6.45, 7) is 3.86. The normalized spacial score (nSPS) is 17.6. The van der Waals surface area contributed by atoms with Crippen molar-refractivity contribution in [2.24, 2.45) is 5.92 Å². The van der Waals surface area contributed by atoms with Crippen LogP contribution in [0, 0.1) is 17.2 Å². The van der Waals surface area contributed by atoms with E-state index < -0.39 is 0 Å². The second kappa shape index (κ2) is 7.61. The van der Waals surface area contributed by atoms with Crippen molar-refractivity contribution in [1.82, 2.24) is 9.80 Å². The highest BCUT2D eigenvalue weighted by atomic mass is 32.1. The van der Waals surface area contributed by atoms with Crippen LogP contribution in [0.3, 0.4) is 0 Å². The van der Waals surface area contributed by atoms with Gasteiger partial charge in [0, 0.05) is 32.1 Å². The first-order chi connectivity index (χ1) is 11.7. The van der Waals surface area contributed by atoms with E-state index in [1.54, 1.807) is 16.3 Å². The average Bonchev–Trinajstić information content (AvgIpc) is 3.24. The lowest BCUT2D eigenvalue weighted by molar-refractivity contribution is 0.0778. The van der Waals surface area contributed by atoms with Crippen molar-refractivity contribution in [2.75, 3.05) is 26.7 Å². The van der Waals surface area contributed by atoms with Crippen molar-refractivity contribution in [3.05, 3.63) is 57.8 Å². The number of thiophene rings is 1. The monoisotopic (exact) mass is 339 g/mol. The molecule has 2 aromatic rings. The van der Waals surface area contributed by atoms with Crippen molar-refractivity contribution < 1.29 is 4.79 Å². The highest BCUT2D eigenvalue weighted by Crippen LogP contribution is 2.21. The van der Waals surface area contributed by atoms with Crippen LogP contribution in [-0.2, 0) is 6.54 Å². The van der Waals surface area contributed by atoms with Crippen LogP contribution < -0.4 is 0 Å². The maximum atomic E-state index is 12.4. The van der Waals surface area contributed by atoms with Crippen LogP contribution >= 0.6 is 11.3 Å². The molecule has 0 spiro atoms. The largest absolute Gasteiger partial charge is 0.341 e. The minimum absolute atomic E-state index is 0.0167. The Morgan fingerprint density at radius 3 is 2.92 bits per heavy atom. The zero-order chi connectivity index (χ0) is 16.9. The molecule has 1 aromatic carbocycles. The minimum atomic E-state index is 0.0167. The van der Waals surface area contributed by atoms with Gasteiger partial charge in [0.25, 0.3) is 5.91 Å². The van der Waals surface area contributed by atoms with Gasteiger partial charge in [-0.3, -0.25) is 9.69 Å². The molecule has 1 fully saturated rings. The van der Waals surface area contributed by atoms with Gasteiger partial charge in [-0.1, -0.05) is 30.3 Å². The van der Waals surface area contributed by atoms with Crippen LogP contribution in [-0.4, -0.2) is 42.4 Å². The topological polar surface area (TPSA) is 47.3 Å². The van der Waals surface area contributed by atoms with Gasteiger partial charge in [-0.15, -0.1) is 11.3 Å². The lowest BCUT2D eigenvalue weighted by atomic mass is 10.1. The molecule has 1 aliphatic rings. The molecular formula is C19H21N3OS. The summed E-state index contributed by atoms with van der Waals surface area (Å²) >= 11 is 1.35. The second-order valence-corrected chi connectivity index (χ2v) is 7.28. The molecule has 2 heterocycles. The fraction of sp³-hybridized carbons (Fsp3) is 0.368. The van der Waals surface area contributed by atoms with Gasteiger partial charge in [0.1, 0.15) is 6.07 Å². The maximum Gasteiger partial charge on any atom is 0.263 e. The van der Waals surface area contributed by atoms with E-state index in [4.69, 9.17) is 5.26 Å². The fourth-order valence-electron chi connectivity index (χ4n) is 3.21. The molecule has 0 N–H and O–H groups in total. The molecule has 1 amide bonds. The predicted octanol–water partition coefficient (Wildman–Crippen LogP) is 3.21. The van der Waals surface area contributed by atoms with Crippen LogP contribution in [0.1, 0.15) is 27.2 Å². The van der Waals surface area contributed by atoms with Crippen LogP contribution in [0.15, 0.2) is 41.8 Å². The summed E-state index contributed by atoms with van der Waals surface area (Å²) in [5.74, 6) is 0.529. The molecule has 1 aliphatic heterocycles. The molecule has 24 heavy (non-hydrogen) atoms. The summed E-state index contributed by atoms with van der Waals surface area (Å²) in [5, 5.41) is 10.6. The molecule has 0 saturated carbocycles. The lowest BCUT2D eigenvalue weighted by Crippen LogP contribution is -2.32. The van der Waals surface area contributed by atoms with Crippen molar-refractivity contribution >= 4 is 17.2 Å². The predicted molar refractivity (Wildman–Crippen MR) is 95.8 cm³/mol. The van der Waals surface area contributed by atoms with E-state index in [1.807, 2.05) is 13.1 Å². The number of nitriles is 1. The Balaban J connectivity index is 1.51. The summed E-state index contributed by atoms with van der Waals surface area (Å²) in [5.41, 5.74) is 1.90. The summed E-state index contributed by atoms with van der Waals surface area (Å²) in [7, 11) is 1.86. The fourth-order valence-corrected chi connectivity index (χ4v) is 4.04. The van der Waals surface area contributed by atoms with Crippen molar-refractivity contribution in [3.8, 4) is 6.07 Å². The molecular weight excluding hydrogens is 318 g/mol. The van der Waals surface area contributed by atoms with E-state index in [0.717, 1.165) is 32.6 Å². The molecule has 4 nitrogen and oxygen atoms in total. The molecule has 0 radical (unpaired) electrons. The Morgan fingerprint density at radius 2 is 2.21 bits per heavy atom. The third-order valence-corrected chi connectivity index (χ3v) is 5.36. The van der Waals surface area contributed by atoms with Gasteiger partial charge in [0.05, 0.1) is 10.4 Å². The van der Waals surface area contributed by atoms with Crippen LogP contribution in [0.4, 0.5) is 0 Å². The van der Waals surface area contributed by atoms with Gasteiger partial charge in [-0.2, -0.15) is 5.26 Å². The summed E-state index contributed by atoms with van der Waals surface area (Å²) in [6.07, 6.45) is 1.12. The molecule has 0 unspecified atom stereocenters. The minimum Gasteiger partial charge on any atom is -0.341 e. The molecule has 5 heteroatoms. The Hall–Kier alpha value is -2.16. The molecule has 1 aromatic heterocycles. The van der Waals surface area contributed by atoms with Crippen molar-refractivity contribution in [3.63, 3.8) is 0 Å². The third kappa shape index (κ3) is 4.02. The molecule has 1 atom stereocenters. The number of hydrogen-bond donors (Lipinski definition) is 0. The van der Waals surface area contributed by atoms with E-state index in [-0.39, 0.29) is 5.91 Å². The van der Waals surface area contributed by atoms with Crippen LogP contribution in [0.2, 0.25) is 0 Å². The van der Waals surface area contributed by atoms with Gasteiger partial charge in [-0.25, -0.2) is 0 Å². The second-order valence-electron chi connectivity index (χ2n) is 6.37. The smallest absolute Gasteiger partial charge is 0.263 e. The van der Waals surface area contributed by atoms with Crippen LogP contribution in [0.5, 0.6) is 0 Å². The van der Waals surface area contributed by atoms with E-state index in [0.29, 0.717) is 16.4 Å². The first-order valence-electron chi connectivity index (χ1n) is 8.16. The molecule has 3 rings (SSSR count). The van der Waals surface area contributed by atoms with Crippen LogP contribution in [0.25, 0.3) is 0 Å². The number of rotatable bonds is 5. The van der Waals surface area contributed by atoms with Gasteiger partial charge in [-0.05, 0) is 30.5 Å². The molecule has 0 bridgehead atoms. The summed E-state index contributed by atoms with van der Waals surface area (Å²) < 4.78 is 0. The molecule has 0 aliphatic carbocycles. The summed E-state index contributed by atoms with van der Waals surface area (Å²) in [6, 6.07) is 14.3. The zero-order valence-corrected chi connectivity index (χ0v) is 14.6.